The van der Waals surface area contributed by atoms with Crippen molar-refractivity contribution in [1.82, 2.24) is 0 Å². The van der Waals surface area contributed by atoms with Crippen molar-refractivity contribution in [3.8, 4) is 5.75 Å². The zero-order valence-corrected chi connectivity index (χ0v) is 17.8. The zero-order chi connectivity index (χ0) is 20.4. The van der Waals surface area contributed by atoms with Crippen LogP contribution in [-0.4, -0.2) is 12.4 Å². The highest BCUT2D eigenvalue weighted by Crippen LogP contribution is 2.48. The minimum absolute atomic E-state index is 0.0366. The number of hydrogen-bond donors (Lipinski definition) is 0. The van der Waals surface area contributed by atoms with E-state index < -0.39 is 5.83 Å². The van der Waals surface area contributed by atoms with Crippen molar-refractivity contribution in [2.24, 2.45) is 0 Å². The smallest absolute Gasteiger partial charge is 0.152 e. The number of hydrogen-bond acceptors (Lipinski definition) is 2. The van der Waals surface area contributed by atoms with Crippen molar-refractivity contribution in [2.75, 3.05) is 6.61 Å². The number of ether oxygens (including phenoxy) is 1. The Morgan fingerprint density at radius 3 is 2.15 bits per heavy atom. The van der Waals surface area contributed by atoms with Crippen molar-refractivity contribution < 1.29 is 13.9 Å². The summed E-state index contributed by atoms with van der Waals surface area (Å²) in [4.78, 5) is 11.2. The molecule has 0 saturated carbocycles. The molecule has 0 unspecified atom stereocenters. The fourth-order valence-electron chi connectivity index (χ4n) is 3.66. The minimum atomic E-state index is -0.403. The van der Waals surface area contributed by atoms with Gasteiger partial charge in [0.05, 0.1) is 6.61 Å². The van der Waals surface area contributed by atoms with Gasteiger partial charge in [-0.3, -0.25) is 4.79 Å². The molecule has 0 N–H and O–H groups in total. The Balaban J connectivity index is 2.69. The quantitative estimate of drug-likeness (QED) is 0.412. The third-order valence-corrected chi connectivity index (χ3v) is 5.64. The van der Waals surface area contributed by atoms with Crippen LogP contribution in [0.4, 0.5) is 4.39 Å². The SMILES string of the molecule is CCCOc1cc2c(cc1/C(C)=C(F)\C=C\C(C)=O)C(C)(C)CCC2(C)C. The van der Waals surface area contributed by atoms with E-state index in [-0.39, 0.29) is 16.6 Å². The Hall–Kier alpha value is -1.90. The Morgan fingerprint density at radius 2 is 1.63 bits per heavy atom. The van der Waals surface area contributed by atoms with Crippen LogP contribution < -0.4 is 4.74 Å². The molecule has 1 aromatic rings. The largest absolute Gasteiger partial charge is 0.493 e. The summed E-state index contributed by atoms with van der Waals surface area (Å²) >= 11 is 0. The van der Waals surface area contributed by atoms with Gasteiger partial charge >= 0.3 is 0 Å². The van der Waals surface area contributed by atoms with Crippen LogP contribution in [0.25, 0.3) is 5.57 Å². The summed E-state index contributed by atoms with van der Waals surface area (Å²) in [5, 5.41) is 0. The van der Waals surface area contributed by atoms with Crippen molar-refractivity contribution in [3.05, 3.63) is 46.8 Å². The van der Waals surface area contributed by atoms with Crippen LogP contribution in [0.2, 0.25) is 0 Å². The van der Waals surface area contributed by atoms with Crippen molar-refractivity contribution in [3.63, 3.8) is 0 Å². The Kier molecular flexibility index (Phi) is 6.34. The van der Waals surface area contributed by atoms with E-state index in [9.17, 15) is 9.18 Å². The number of benzene rings is 1. The molecule has 0 aromatic heterocycles. The molecule has 0 atom stereocenters. The summed E-state index contributed by atoms with van der Waals surface area (Å²) < 4.78 is 20.7. The molecule has 1 aromatic carbocycles. The van der Waals surface area contributed by atoms with E-state index in [0.29, 0.717) is 12.2 Å². The number of rotatable bonds is 6. The molecule has 1 aliphatic rings. The third-order valence-electron chi connectivity index (χ3n) is 5.64. The van der Waals surface area contributed by atoms with Gasteiger partial charge in [0.25, 0.3) is 0 Å². The predicted octanol–water partition coefficient (Wildman–Crippen LogP) is 6.67. The van der Waals surface area contributed by atoms with Gasteiger partial charge in [-0.15, -0.1) is 0 Å². The van der Waals surface area contributed by atoms with E-state index in [0.717, 1.165) is 30.6 Å². The van der Waals surface area contributed by atoms with Gasteiger partial charge in [0, 0.05) is 5.56 Å². The van der Waals surface area contributed by atoms with Crippen LogP contribution in [0, 0.1) is 0 Å². The Labute approximate surface area is 163 Å². The highest BCUT2D eigenvalue weighted by atomic mass is 19.1. The minimum Gasteiger partial charge on any atom is -0.493 e. The molecule has 2 rings (SSSR count). The molecule has 1 aliphatic carbocycles. The van der Waals surface area contributed by atoms with Gasteiger partial charge in [-0.05, 0) is 84.9 Å². The van der Waals surface area contributed by atoms with Crippen molar-refractivity contribution in [1.29, 1.82) is 0 Å². The Bertz CT molecular complexity index is 782. The number of fused-ring (bicyclic) bond motifs is 1. The molecule has 0 aliphatic heterocycles. The summed E-state index contributed by atoms with van der Waals surface area (Å²) in [5.41, 5.74) is 3.94. The van der Waals surface area contributed by atoms with Crippen molar-refractivity contribution >= 4 is 11.4 Å². The molecule has 2 nitrogen and oxygen atoms in total. The van der Waals surface area contributed by atoms with Gasteiger partial charge in [-0.2, -0.15) is 0 Å². The van der Waals surface area contributed by atoms with Crippen LogP contribution >= 0.6 is 0 Å². The fraction of sp³-hybridized carbons (Fsp3) is 0.542. The lowest BCUT2D eigenvalue weighted by molar-refractivity contribution is -0.112. The molecule has 148 valence electrons. The van der Waals surface area contributed by atoms with Crippen LogP contribution in [0.15, 0.2) is 30.1 Å². The van der Waals surface area contributed by atoms with E-state index in [2.05, 4.69) is 46.8 Å². The molecule has 0 bridgehead atoms. The fourth-order valence-corrected chi connectivity index (χ4v) is 3.66. The molecule has 0 radical (unpaired) electrons. The highest BCUT2D eigenvalue weighted by Gasteiger charge is 2.38. The molecule has 0 amide bonds. The molecule has 27 heavy (non-hydrogen) atoms. The average Bonchev–Trinajstić information content (AvgIpc) is 2.60. The zero-order valence-electron chi connectivity index (χ0n) is 17.8. The van der Waals surface area contributed by atoms with E-state index >= 15 is 0 Å². The molecule has 3 heteroatoms. The second kappa shape index (κ2) is 8.00. The van der Waals surface area contributed by atoms with E-state index in [4.69, 9.17) is 4.74 Å². The third kappa shape index (κ3) is 4.69. The number of halogens is 1. The summed E-state index contributed by atoms with van der Waals surface area (Å²) in [6, 6.07) is 4.23. The number of carbonyl (C=O) groups excluding carboxylic acids is 1. The summed E-state index contributed by atoms with van der Waals surface area (Å²) in [6.45, 7) is 14.9. The summed E-state index contributed by atoms with van der Waals surface area (Å²) in [5.74, 6) is 0.151. The first-order valence-electron chi connectivity index (χ1n) is 9.87. The van der Waals surface area contributed by atoms with Gasteiger partial charge in [0.2, 0.25) is 0 Å². The van der Waals surface area contributed by atoms with E-state index in [1.165, 1.54) is 30.2 Å². The second-order valence-corrected chi connectivity index (χ2v) is 8.93. The van der Waals surface area contributed by atoms with Crippen LogP contribution in [0.3, 0.4) is 0 Å². The van der Waals surface area contributed by atoms with Crippen molar-refractivity contribution in [2.45, 2.75) is 78.6 Å². The van der Waals surface area contributed by atoms with Gasteiger partial charge < -0.3 is 4.74 Å². The van der Waals surface area contributed by atoms with Gasteiger partial charge in [-0.1, -0.05) is 34.6 Å². The van der Waals surface area contributed by atoms with Crippen LogP contribution in [0.1, 0.15) is 84.4 Å². The lowest BCUT2D eigenvalue weighted by atomic mass is 9.62. The lowest BCUT2D eigenvalue weighted by Crippen LogP contribution is -2.34. The number of allylic oxidation sites excluding steroid dienone is 4. The monoisotopic (exact) mass is 372 g/mol. The molecule has 0 fully saturated rings. The second-order valence-electron chi connectivity index (χ2n) is 8.93. The molecular formula is C24H33FO2. The standard InChI is InChI=1S/C24H33FO2/c1-8-13-27-22-15-20-19(23(4,5)11-12-24(20,6)7)14-18(22)17(3)21(25)10-9-16(2)26/h9-10,14-15H,8,11-13H2,1-7H3/b10-9+,21-17+. The number of carbonyl (C=O) groups is 1. The van der Waals surface area contributed by atoms with E-state index in [1.807, 2.05) is 0 Å². The topological polar surface area (TPSA) is 26.3 Å². The molecule has 0 saturated heterocycles. The molecule has 0 heterocycles. The van der Waals surface area contributed by atoms with E-state index in [1.54, 1.807) is 6.92 Å². The van der Waals surface area contributed by atoms with Gasteiger partial charge in [-0.25, -0.2) is 4.39 Å². The van der Waals surface area contributed by atoms with Gasteiger partial charge in [0.15, 0.2) is 5.78 Å². The van der Waals surface area contributed by atoms with Crippen LogP contribution in [-0.2, 0) is 15.6 Å². The molecular weight excluding hydrogens is 339 g/mol. The maximum atomic E-state index is 14.7. The predicted molar refractivity (Wildman–Crippen MR) is 111 cm³/mol. The Morgan fingerprint density at radius 1 is 1.07 bits per heavy atom. The normalized spacial score (nSPS) is 18.8. The first-order valence-corrected chi connectivity index (χ1v) is 9.87. The molecule has 0 spiro atoms. The van der Waals surface area contributed by atoms with Gasteiger partial charge in [0.1, 0.15) is 11.6 Å². The first kappa shape index (κ1) is 21.4. The maximum absolute atomic E-state index is 14.7. The lowest BCUT2D eigenvalue weighted by Gasteiger charge is -2.42. The van der Waals surface area contributed by atoms with Crippen LogP contribution in [0.5, 0.6) is 5.75 Å². The first-order chi connectivity index (χ1) is 12.5. The summed E-state index contributed by atoms with van der Waals surface area (Å²) in [6.07, 6.45) is 5.61. The number of ketones is 1. The maximum Gasteiger partial charge on any atom is 0.152 e. The summed E-state index contributed by atoms with van der Waals surface area (Å²) in [7, 11) is 0. The average molecular weight is 373 g/mol. The highest BCUT2D eigenvalue weighted by molar-refractivity contribution is 5.88.